The number of fused-ring (bicyclic) bond motifs is 1. The Bertz CT molecular complexity index is 1400. The van der Waals surface area contributed by atoms with Gasteiger partial charge >= 0.3 is 0 Å². The molecule has 0 bridgehead atoms. The number of rotatable bonds is 6. The zero-order valence-electron chi connectivity index (χ0n) is 17.7. The molecule has 164 valence electrons. The summed E-state index contributed by atoms with van der Waals surface area (Å²) >= 11 is 0. The molecule has 0 aliphatic heterocycles. The van der Waals surface area contributed by atoms with Crippen LogP contribution >= 0.6 is 0 Å². The van der Waals surface area contributed by atoms with Crippen molar-refractivity contribution >= 4 is 28.4 Å². The Morgan fingerprint density at radius 3 is 2.61 bits per heavy atom. The van der Waals surface area contributed by atoms with Crippen molar-refractivity contribution in [3.05, 3.63) is 77.2 Å². The van der Waals surface area contributed by atoms with E-state index in [-0.39, 0.29) is 22.8 Å². The van der Waals surface area contributed by atoms with Crippen LogP contribution in [0.5, 0.6) is 0 Å². The molecule has 5 N–H and O–H groups in total. The number of nitriles is 1. The zero-order valence-corrected chi connectivity index (χ0v) is 17.7. The molecule has 1 unspecified atom stereocenters. The van der Waals surface area contributed by atoms with E-state index >= 15 is 0 Å². The number of pyridine rings is 1. The molecule has 0 aliphatic rings. The molecule has 2 heterocycles. The predicted molar refractivity (Wildman–Crippen MR) is 124 cm³/mol. The van der Waals surface area contributed by atoms with Crippen molar-refractivity contribution in [2.75, 3.05) is 11.1 Å². The van der Waals surface area contributed by atoms with Gasteiger partial charge in [-0.2, -0.15) is 5.26 Å². The quantitative estimate of drug-likeness (QED) is 0.412. The lowest BCUT2D eigenvalue weighted by Gasteiger charge is -2.22. The molecule has 2 aromatic carbocycles. The number of anilines is 2. The van der Waals surface area contributed by atoms with Gasteiger partial charge in [-0.3, -0.25) is 4.79 Å². The first-order valence-corrected chi connectivity index (χ1v) is 10.1. The number of amides is 1. The summed E-state index contributed by atoms with van der Waals surface area (Å²) in [5.74, 6) is -0.401. The first-order chi connectivity index (χ1) is 16.0. The van der Waals surface area contributed by atoms with Gasteiger partial charge < -0.3 is 16.8 Å². The van der Waals surface area contributed by atoms with Crippen LogP contribution in [-0.4, -0.2) is 20.9 Å². The van der Waals surface area contributed by atoms with Crippen LogP contribution in [-0.2, 0) is 6.67 Å². The topological polar surface area (TPSA) is 144 Å². The molecular formula is C24H20FN7O. The van der Waals surface area contributed by atoms with Gasteiger partial charge in [-0.05, 0) is 12.5 Å². The summed E-state index contributed by atoms with van der Waals surface area (Å²) in [7, 11) is 0. The first-order valence-electron chi connectivity index (χ1n) is 10.1. The third kappa shape index (κ3) is 3.90. The third-order valence-corrected chi connectivity index (χ3v) is 5.33. The van der Waals surface area contributed by atoms with Gasteiger partial charge in [-0.1, -0.05) is 48.5 Å². The molecule has 0 spiro atoms. The molecule has 0 saturated carbocycles. The number of nitrogens with one attached hydrogen (secondary N) is 1. The highest BCUT2D eigenvalue weighted by Crippen LogP contribution is 2.37. The van der Waals surface area contributed by atoms with Gasteiger partial charge in [0.05, 0.1) is 22.8 Å². The number of carbonyl (C=O) groups excluding carboxylic acids is 1. The summed E-state index contributed by atoms with van der Waals surface area (Å²) < 4.78 is 13.8. The molecule has 0 fully saturated rings. The summed E-state index contributed by atoms with van der Waals surface area (Å²) in [6.07, 6.45) is 1.24. The molecular weight excluding hydrogens is 421 g/mol. The zero-order chi connectivity index (χ0) is 23.5. The standard InChI is InChI=1S/C24H20FN7O/c1-13(31-24-17(11-26)22(27)29-12-30-24)20-18(14-6-3-2-4-7-14)19(23(28)33)16-9-5-8-15(10-25)21(16)32-20/h2-9,12-13H,10H2,1H3,(H2,28,33)(H3,27,29,30,31). The number of nitrogens with zero attached hydrogens (tertiary/aromatic N) is 4. The van der Waals surface area contributed by atoms with Gasteiger partial charge in [-0.25, -0.2) is 19.3 Å². The van der Waals surface area contributed by atoms with Crippen LogP contribution in [0.25, 0.3) is 22.0 Å². The van der Waals surface area contributed by atoms with E-state index in [2.05, 4.69) is 15.3 Å². The molecule has 9 heteroatoms. The molecule has 33 heavy (non-hydrogen) atoms. The fraction of sp³-hybridized carbons (Fsp3) is 0.125. The van der Waals surface area contributed by atoms with Crippen molar-refractivity contribution in [1.82, 2.24) is 15.0 Å². The molecule has 1 atom stereocenters. The summed E-state index contributed by atoms with van der Waals surface area (Å²) in [6.45, 7) is 1.04. The second kappa shape index (κ2) is 8.88. The predicted octanol–water partition coefficient (Wildman–Crippen LogP) is 3.89. The number of nitrogens with two attached hydrogens (primary N) is 2. The van der Waals surface area contributed by atoms with Gasteiger partial charge in [0.2, 0.25) is 5.91 Å². The number of para-hydroxylation sites is 1. The molecule has 2 aromatic heterocycles. The number of primary amides is 1. The Labute approximate surface area is 189 Å². The highest BCUT2D eigenvalue weighted by molar-refractivity contribution is 6.12. The third-order valence-electron chi connectivity index (χ3n) is 5.33. The molecule has 1 amide bonds. The molecule has 4 aromatic rings. The summed E-state index contributed by atoms with van der Waals surface area (Å²) in [6, 6.07) is 15.6. The van der Waals surface area contributed by atoms with Crippen LogP contribution in [0, 0.1) is 11.3 Å². The number of nitrogen functional groups attached to an aromatic ring is 1. The minimum atomic E-state index is -0.754. The largest absolute Gasteiger partial charge is 0.382 e. The summed E-state index contributed by atoms with van der Waals surface area (Å²) in [5.41, 5.74) is 14.4. The van der Waals surface area contributed by atoms with Crippen LogP contribution in [0.2, 0.25) is 0 Å². The van der Waals surface area contributed by atoms with E-state index in [1.54, 1.807) is 25.1 Å². The number of aromatic nitrogens is 3. The monoisotopic (exact) mass is 441 g/mol. The number of carbonyl (C=O) groups is 1. The van der Waals surface area contributed by atoms with Crippen molar-refractivity contribution in [3.8, 4) is 17.2 Å². The molecule has 0 radical (unpaired) electrons. The maximum atomic E-state index is 13.8. The minimum Gasteiger partial charge on any atom is -0.382 e. The van der Waals surface area contributed by atoms with Crippen LogP contribution in [0.1, 0.15) is 40.1 Å². The van der Waals surface area contributed by atoms with E-state index in [4.69, 9.17) is 16.5 Å². The van der Waals surface area contributed by atoms with Crippen molar-refractivity contribution in [3.63, 3.8) is 0 Å². The number of hydrogen-bond acceptors (Lipinski definition) is 7. The maximum absolute atomic E-state index is 13.8. The summed E-state index contributed by atoms with van der Waals surface area (Å²) in [5, 5.41) is 13.1. The van der Waals surface area contributed by atoms with Crippen LogP contribution in [0.3, 0.4) is 0 Å². The van der Waals surface area contributed by atoms with E-state index in [1.807, 2.05) is 36.4 Å². The van der Waals surface area contributed by atoms with Crippen LogP contribution < -0.4 is 16.8 Å². The second-order valence-electron chi connectivity index (χ2n) is 7.38. The van der Waals surface area contributed by atoms with Crippen LogP contribution in [0.15, 0.2) is 54.9 Å². The van der Waals surface area contributed by atoms with E-state index in [0.29, 0.717) is 27.7 Å². The van der Waals surface area contributed by atoms with Gasteiger partial charge in [0.1, 0.15) is 36.3 Å². The smallest absolute Gasteiger partial charge is 0.250 e. The Balaban J connectivity index is 2.02. The lowest BCUT2D eigenvalue weighted by atomic mass is 9.91. The van der Waals surface area contributed by atoms with E-state index in [0.717, 1.165) is 5.56 Å². The summed E-state index contributed by atoms with van der Waals surface area (Å²) in [4.78, 5) is 25.4. The van der Waals surface area contributed by atoms with Crippen molar-refractivity contribution in [2.45, 2.75) is 19.6 Å². The van der Waals surface area contributed by atoms with Gasteiger partial charge in [0.15, 0.2) is 0 Å². The Morgan fingerprint density at radius 1 is 1.18 bits per heavy atom. The molecule has 4 rings (SSSR count). The average molecular weight is 441 g/mol. The average Bonchev–Trinajstić information content (AvgIpc) is 2.82. The van der Waals surface area contributed by atoms with E-state index in [1.165, 1.54) is 6.33 Å². The second-order valence-corrected chi connectivity index (χ2v) is 7.38. The Kier molecular flexibility index (Phi) is 5.83. The fourth-order valence-electron chi connectivity index (χ4n) is 3.83. The van der Waals surface area contributed by atoms with Gasteiger partial charge in [0.25, 0.3) is 0 Å². The van der Waals surface area contributed by atoms with Crippen molar-refractivity contribution in [2.24, 2.45) is 5.73 Å². The first kappa shape index (κ1) is 21.6. The van der Waals surface area contributed by atoms with E-state index in [9.17, 15) is 14.4 Å². The lowest BCUT2D eigenvalue weighted by molar-refractivity contribution is 0.100. The number of halogens is 1. The Hall–Kier alpha value is -4.58. The van der Waals surface area contributed by atoms with Crippen molar-refractivity contribution in [1.29, 1.82) is 5.26 Å². The van der Waals surface area contributed by atoms with Gasteiger partial charge in [0, 0.05) is 16.5 Å². The molecule has 8 nitrogen and oxygen atoms in total. The van der Waals surface area contributed by atoms with E-state index < -0.39 is 18.6 Å². The normalized spacial score (nSPS) is 11.7. The highest BCUT2D eigenvalue weighted by atomic mass is 19.1. The highest BCUT2D eigenvalue weighted by Gasteiger charge is 2.25. The Morgan fingerprint density at radius 2 is 1.94 bits per heavy atom. The number of hydrogen-bond donors (Lipinski definition) is 3. The SMILES string of the molecule is CC(Nc1ncnc(N)c1C#N)c1nc2c(CF)cccc2c(C(N)=O)c1-c1ccccc1. The van der Waals surface area contributed by atoms with Crippen LogP contribution in [0.4, 0.5) is 16.0 Å². The van der Waals surface area contributed by atoms with Gasteiger partial charge in [-0.15, -0.1) is 0 Å². The number of benzene rings is 2. The minimum absolute atomic E-state index is 0.0366. The van der Waals surface area contributed by atoms with Crippen molar-refractivity contribution < 1.29 is 9.18 Å². The maximum Gasteiger partial charge on any atom is 0.250 e. The molecule has 0 saturated heterocycles. The fourth-order valence-corrected chi connectivity index (χ4v) is 3.83. The number of alkyl halides is 1. The lowest BCUT2D eigenvalue weighted by Crippen LogP contribution is -2.19. The molecule has 0 aliphatic carbocycles.